The lowest BCUT2D eigenvalue weighted by Crippen LogP contribution is -2.47. The molecule has 2 saturated heterocycles. The molecule has 16 nitrogen and oxygen atoms in total. The highest BCUT2D eigenvalue weighted by Gasteiger charge is 2.54. The molecule has 3 aliphatic heterocycles. The fraction of sp³-hybridized carbons (Fsp3) is 0.451. The van der Waals surface area contributed by atoms with Crippen LogP contribution in [0, 0.1) is 20.9 Å². The number of carbonyl (C=O) groups is 1. The van der Waals surface area contributed by atoms with Gasteiger partial charge in [0, 0.05) is 80.6 Å². The van der Waals surface area contributed by atoms with Gasteiger partial charge in [-0.3, -0.25) is 19.8 Å². The topological polar surface area (TPSA) is 185 Å². The first-order valence-electron chi connectivity index (χ1n) is 24.0. The predicted octanol–water partition coefficient (Wildman–Crippen LogP) is 9.73. The molecule has 3 aromatic carbocycles. The van der Waals surface area contributed by atoms with Gasteiger partial charge >= 0.3 is 6.18 Å². The Hall–Kier alpha value is -5.93. The van der Waals surface area contributed by atoms with Gasteiger partial charge in [0.25, 0.3) is 21.6 Å². The lowest BCUT2D eigenvalue weighted by Gasteiger charge is -2.39. The third-order valence-corrected chi connectivity index (χ3v) is 15.9. The average Bonchev–Trinajstić information content (AvgIpc) is 3.72. The Labute approximate surface area is 421 Å². The normalized spacial score (nSPS) is 20.2. The van der Waals surface area contributed by atoms with Crippen LogP contribution in [0.5, 0.6) is 5.88 Å². The molecule has 0 unspecified atom stereocenters. The van der Waals surface area contributed by atoms with E-state index < -0.39 is 49.1 Å². The van der Waals surface area contributed by atoms with E-state index in [0.717, 1.165) is 51.8 Å². The van der Waals surface area contributed by atoms with Gasteiger partial charge in [-0.2, -0.15) is 18.2 Å². The molecule has 21 heteroatoms. The predicted molar refractivity (Wildman–Crippen MR) is 270 cm³/mol. The molecule has 3 N–H and O–H groups in total. The van der Waals surface area contributed by atoms with Crippen LogP contribution in [0.3, 0.4) is 0 Å². The van der Waals surface area contributed by atoms with Crippen molar-refractivity contribution in [2.24, 2.45) is 10.8 Å². The molecular formula is C51H58ClF3N8O8S. The van der Waals surface area contributed by atoms with Crippen LogP contribution in [-0.2, 0) is 19.5 Å². The van der Waals surface area contributed by atoms with Crippen LogP contribution >= 0.6 is 11.6 Å². The van der Waals surface area contributed by atoms with Crippen molar-refractivity contribution in [3.05, 3.63) is 111 Å². The molecule has 2 atom stereocenters. The number of halogens is 4. The zero-order chi connectivity index (χ0) is 51.2. The number of alkyl halides is 3. The first-order valence-corrected chi connectivity index (χ1v) is 25.9. The largest absolute Gasteiger partial charge is 0.472 e. The number of hydrogen-bond acceptors (Lipinski definition) is 13. The quantitative estimate of drug-likeness (QED) is 0.0749. The maximum absolute atomic E-state index is 14.7. The number of hydrogen-bond donors (Lipinski definition) is 3. The Morgan fingerprint density at radius 1 is 0.986 bits per heavy atom. The van der Waals surface area contributed by atoms with E-state index in [1.807, 2.05) is 12.1 Å². The minimum Gasteiger partial charge on any atom is -0.472 e. The average molecular weight is 1040 g/mol. The number of amides is 1. The Kier molecular flexibility index (Phi) is 14.3. The van der Waals surface area contributed by atoms with Crippen molar-refractivity contribution >= 4 is 72.6 Å². The number of pyridine rings is 1. The SMILES string of the molecule is CC1(C)CCC(CN2CCN(c3ccc(C(=O)NS(=O)(=O)c4ccc(NC[C@H]5COCCO5)c([N+](=O)[O-])c4)c(N4CC[C@H](C(C)(C)C(F)(F)F)Oc5nc6[nH]ccc6cc54)c3)CC2)=C(c2ccc(Cl)cc2)C1. The van der Waals surface area contributed by atoms with Crippen molar-refractivity contribution in [1.82, 2.24) is 19.6 Å². The Balaban J connectivity index is 1.04. The van der Waals surface area contributed by atoms with Crippen LogP contribution in [0.1, 0.15) is 69.3 Å². The molecule has 5 heterocycles. The summed E-state index contributed by atoms with van der Waals surface area (Å²) in [5.41, 5.74) is 2.65. The van der Waals surface area contributed by atoms with E-state index in [9.17, 15) is 36.5 Å². The summed E-state index contributed by atoms with van der Waals surface area (Å²) in [7, 11) is -4.76. The first kappa shape index (κ1) is 51.0. The van der Waals surface area contributed by atoms with Crippen molar-refractivity contribution in [1.29, 1.82) is 0 Å². The Morgan fingerprint density at radius 2 is 1.75 bits per heavy atom. The highest BCUT2D eigenvalue weighted by atomic mass is 35.5. The summed E-state index contributed by atoms with van der Waals surface area (Å²) >= 11 is 6.27. The summed E-state index contributed by atoms with van der Waals surface area (Å²) in [6.07, 6.45) is -1.96. The van der Waals surface area contributed by atoms with Gasteiger partial charge in [0.2, 0.25) is 5.88 Å². The molecular weight excluding hydrogens is 977 g/mol. The van der Waals surface area contributed by atoms with Crippen LogP contribution in [0.4, 0.5) is 41.6 Å². The standard InChI is InChI=1S/C51H58ClF3N8O8S/c1-49(2)16-13-34(40(28-49)32-5-7-35(52)8-6-32)30-60-19-21-61(22-20-60)36-9-11-39(47(64)59-72(67,68)38-10-12-41(43(27-38)63(65)66)57-29-37-31-69-23-24-70-37)42(26-36)62-18-15-45(50(3,4)51(53,54)55)71-48-44(62)25-33-14-17-56-46(33)58-48/h5-12,14,17,25-27,37,45,57H,13,15-16,18-24,28-31H2,1-4H3,(H,56,58)(H,59,64)/t37-,45+/m0/s1. The van der Waals surface area contributed by atoms with Crippen molar-refractivity contribution in [3.8, 4) is 5.88 Å². The molecule has 5 aromatic rings. The summed E-state index contributed by atoms with van der Waals surface area (Å²) < 4.78 is 91.5. The zero-order valence-corrected chi connectivity index (χ0v) is 42.1. The summed E-state index contributed by atoms with van der Waals surface area (Å²) in [6, 6.07) is 19.7. The van der Waals surface area contributed by atoms with E-state index in [1.54, 1.807) is 35.4 Å². The molecule has 4 aliphatic rings. The zero-order valence-electron chi connectivity index (χ0n) is 40.5. The number of aromatic nitrogens is 2. The molecule has 0 bridgehead atoms. The monoisotopic (exact) mass is 1030 g/mol. The summed E-state index contributed by atoms with van der Waals surface area (Å²) in [6.45, 7) is 11.3. The second-order valence-electron chi connectivity index (χ2n) is 20.2. The van der Waals surface area contributed by atoms with Gasteiger partial charge in [-0.15, -0.1) is 0 Å². The molecule has 0 saturated carbocycles. The Morgan fingerprint density at radius 3 is 2.46 bits per heavy atom. The number of ether oxygens (including phenoxy) is 3. The number of carbonyl (C=O) groups excluding carboxylic acids is 1. The van der Waals surface area contributed by atoms with Crippen molar-refractivity contribution in [2.75, 3.05) is 80.8 Å². The van der Waals surface area contributed by atoms with Crippen molar-refractivity contribution in [2.45, 2.75) is 76.7 Å². The number of fused-ring (bicyclic) bond motifs is 2. The van der Waals surface area contributed by atoms with Crippen molar-refractivity contribution < 1.29 is 45.5 Å². The Bertz CT molecular complexity index is 2990. The lowest BCUT2D eigenvalue weighted by atomic mass is 9.72. The molecule has 9 rings (SSSR count). The number of H-pyrrole nitrogens is 1. The molecule has 2 fully saturated rings. The number of allylic oxidation sites excluding steroid dienone is 1. The number of sulfonamides is 1. The highest BCUT2D eigenvalue weighted by Crippen LogP contribution is 2.48. The van der Waals surface area contributed by atoms with Crippen LogP contribution < -0.4 is 24.6 Å². The van der Waals surface area contributed by atoms with Gasteiger partial charge in [-0.05, 0) is 104 Å². The van der Waals surface area contributed by atoms with Crippen LogP contribution in [0.25, 0.3) is 16.6 Å². The van der Waals surface area contributed by atoms with Gasteiger partial charge in [-0.25, -0.2) is 13.1 Å². The van der Waals surface area contributed by atoms with Gasteiger partial charge in [0.15, 0.2) is 0 Å². The summed E-state index contributed by atoms with van der Waals surface area (Å²) in [5, 5.41) is 16.5. The fourth-order valence-corrected chi connectivity index (χ4v) is 11.0. The molecule has 0 spiro atoms. The van der Waals surface area contributed by atoms with E-state index in [1.165, 1.54) is 28.8 Å². The van der Waals surface area contributed by atoms with Gasteiger partial charge in [0.1, 0.15) is 23.1 Å². The minimum atomic E-state index is -4.76. The molecule has 384 valence electrons. The van der Waals surface area contributed by atoms with E-state index in [2.05, 4.69) is 55.8 Å². The minimum absolute atomic E-state index is 0.0372. The van der Waals surface area contributed by atoms with Crippen LogP contribution in [0.2, 0.25) is 5.02 Å². The molecule has 1 aliphatic carbocycles. The molecule has 1 amide bonds. The van der Waals surface area contributed by atoms with E-state index >= 15 is 0 Å². The van der Waals surface area contributed by atoms with E-state index in [-0.39, 0.29) is 66.1 Å². The number of piperazine rings is 1. The number of nitro benzene ring substituents is 1. The highest BCUT2D eigenvalue weighted by molar-refractivity contribution is 7.90. The number of nitrogens with one attached hydrogen (secondary N) is 3. The lowest BCUT2D eigenvalue weighted by molar-refractivity contribution is -0.384. The number of anilines is 4. The third kappa shape index (κ3) is 10.9. The summed E-state index contributed by atoms with van der Waals surface area (Å²) in [5.74, 6) is -1.18. The van der Waals surface area contributed by atoms with Crippen LogP contribution in [-0.4, -0.2) is 118 Å². The van der Waals surface area contributed by atoms with E-state index in [0.29, 0.717) is 61.1 Å². The van der Waals surface area contributed by atoms with E-state index in [4.69, 9.17) is 25.8 Å². The van der Waals surface area contributed by atoms with Gasteiger partial charge in [0.05, 0.1) is 52.4 Å². The van der Waals surface area contributed by atoms with Crippen molar-refractivity contribution in [3.63, 3.8) is 0 Å². The summed E-state index contributed by atoms with van der Waals surface area (Å²) in [4.78, 5) is 39.4. The molecule has 72 heavy (non-hydrogen) atoms. The number of benzene rings is 3. The number of nitrogens with zero attached hydrogens (tertiary/aromatic N) is 5. The maximum atomic E-state index is 14.7. The number of aromatic amines is 1. The number of rotatable bonds is 13. The van der Waals surface area contributed by atoms with Gasteiger partial charge in [-0.1, -0.05) is 43.2 Å². The second kappa shape index (κ2) is 20.2. The smallest absolute Gasteiger partial charge is 0.397 e. The first-order chi connectivity index (χ1) is 34.2. The number of nitro groups is 1. The third-order valence-electron chi connectivity index (χ3n) is 14.3. The van der Waals surface area contributed by atoms with Crippen LogP contribution in [0.15, 0.2) is 89.5 Å². The molecule has 0 radical (unpaired) electrons. The molecule has 2 aromatic heterocycles. The second-order valence-corrected chi connectivity index (χ2v) is 22.3. The fourth-order valence-electron chi connectivity index (χ4n) is 9.86. The maximum Gasteiger partial charge on any atom is 0.397 e. The van der Waals surface area contributed by atoms with Gasteiger partial charge < -0.3 is 34.3 Å².